The molecule has 0 saturated heterocycles. The summed E-state index contributed by atoms with van der Waals surface area (Å²) in [4.78, 5) is 3.72. The third kappa shape index (κ3) is 3.38. The number of hydrogen-bond acceptors (Lipinski definition) is 1. The van der Waals surface area contributed by atoms with E-state index in [0.717, 1.165) is 0 Å². The number of aromatic amines is 1. The van der Waals surface area contributed by atoms with Gasteiger partial charge in [0.1, 0.15) is 0 Å². The molecule has 0 aliphatic carbocycles. The van der Waals surface area contributed by atoms with Gasteiger partial charge in [-0.25, -0.2) is 0 Å². The van der Waals surface area contributed by atoms with E-state index >= 15 is 0 Å². The van der Waals surface area contributed by atoms with Crippen LogP contribution in [0.5, 0.6) is 0 Å². The van der Waals surface area contributed by atoms with Crippen molar-refractivity contribution in [2.75, 3.05) is 0 Å². The van der Waals surface area contributed by atoms with E-state index in [1.165, 1.54) is 75.4 Å². The summed E-state index contributed by atoms with van der Waals surface area (Å²) in [5.74, 6) is 0. The number of H-pyrrole nitrogens is 1. The van der Waals surface area contributed by atoms with Crippen LogP contribution >= 0.6 is 11.3 Å². The van der Waals surface area contributed by atoms with Gasteiger partial charge in [0, 0.05) is 42.0 Å². The minimum absolute atomic E-state index is 1.17. The first-order valence-corrected chi connectivity index (χ1v) is 13.8. The van der Waals surface area contributed by atoms with Crippen molar-refractivity contribution < 1.29 is 0 Å². The number of benzene rings is 6. The standard InChI is InChI=1S/C36H23NS/c1-3-9-23(10-4-1)26-19-27(24-11-5-2-6-12-24)21-28(20-26)25-15-16-31-33(22-25)37-32-18-17-30-29-13-7-8-14-34(29)38-36(30)35(31)32/h1-22,37H. The fraction of sp³-hybridized carbons (Fsp3) is 0. The average Bonchev–Trinajstić information content (AvgIpc) is 3.55. The molecule has 38 heavy (non-hydrogen) atoms. The highest BCUT2D eigenvalue weighted by Gasteiger charge is 2.14. The van der Waals surface area contributed by atoms with Crippen molar-refractivity contribution in [3.05, 3.63) is 133 Å². The summed E-state index contributed by atoms with van der Waals surface area (Å²) < 4.78 is 2.70. The predicted molar refractivity (Wildman–Crippen MR) is 165 cm³/mol. The van der Waals surface area contributed by atoms with Crippen LogP contribution in [0.1, 0.15) is 0 Å². The zero-order valence-corrected chi connectivity index (χ0v) is 21.4. The van der Waals surface area contributed by atoms with Gasteiger partial charge in [0.15, 0.2) is 0 Å². The SMILES string of the molecule is c1ccc(-c2cc(-c3ccccc3)cc(-c3ccc4c(c3)[nH]c3ccc5c6ccccc6sc5c34)c2)cc1. The average molecular weight is 502 g/mol. The van der Waals surface area contributed by atoms with E-state index in [1.807, 2.05) is 11.3 Å². The molecule has 0 bridgehead atoms. The number of hydrogen-bond donors (Lipinski definition) is 1. The van der Waals surface area contributed by atoms with Gasteiger partial charge >= 0.3 is 0 Å². The molecule has 0 amide bonds. The zero-order valence-electron chi connectivity index (χ0n) is 20.6. The molecule has 178 valence electrons. The third-order valence-corrected chi connectivity index (χ3v) is 8.79. The van der Waals surface area contributed by atoms with Gasteiger partial charge in [-0.1, -0.05) is 97.1 Å². The summed E-state index contributed by atoms with van der Waals surface area (Å²) in [6.07, 6.45) is 0. The smallest absolute Gasteiger partial charge is 0.0479 e. The lowest BCUT2D eigenvalue weighted by Crippen LogP contribution is -1.86. The highest BCUT2D eigenvalue weighted by Crippen LogP contribution is 2.42. The van der Waals surface area contributed by atoms with Crippen LogP contribution in [0, 0.1) is 0 Å². The highest BCUT2D eigenvalue weighted by molar-refractivity contribution is 7.26. The molecule has 0 unspecified atom stereocenters. The Morgan fingerprint density at radius 3 is 1.71 bits per heavy atom. The van der Waals surface area contributed by atoms with Crippen molar-refractivity contribution in [2.45, 2.75) is 0 Å². The van der Waals surface area contributed by atoms with Gasteiger partial charge in [-0.15, -0.1) is 11.3 Å². The molecule has 8 aromatic rings. The Kier molecular flexibility index (Phi) is 4.76. The third-order valence-electron chi connectivity index (χ3n) is 7.59. The van der Waals surface area contributed by atoms with E-state index in [0.29, 0.717) is 0 Å². The molecule has 0 radical (unpaired) electrons. The molecule has 8 rings (SSSR count). The molecule has 0 saturated carbocycles. The lowest BCUT2D eigenvalue weighted by atomic mass is 9.93. The molecule has 2 heterocycles. The molecule has 1 nitrogen and oxygen atoms in total. The molecule has 0 spiro atoms. The van der Waals surface area contributed by atoms with Gasteiger partial charge in [-0.2, -0.15) is 0 Å². The highest BCUT2D eigenvalue weighted by atomic mass is 32.1. The summed E-state index contributed by atoms with van der Waals surface area (Å²) in [6, 6.07) is 48.4. The van der Waals surface area contributed by atoms with Crippen LogP contribution in [-0.2, 0) is 0 Å². The fourth-order valence-corrected chi connectivity index (χ4v) is 7.00. The van der Waals surface area contributed by atoms with E-state index in [1.54, 1.807) is 0 Å². The van der Waals surface area contributed by atoms with Crippen LogP contribution in [0.2, 0.25) is 0 Å². The normalized spacial score (nSPS) is 11.7. The summed E-state index contributed by atoms with van der Waals surface area (Å²) in [5, 5.41) is 5.29. The van der Waals surface area contributed by atoms with Crippen LogP contribution < -0.4 is 0 Å². The summed E-state index contributed by atoms with van der Waals surface area (Å²) >= 11 is 1.89. The van der Waals surface area contributed by atoms with E-state index in [2.05, 4.69) is 138 Å². The first-order chi connectivity index (χ1) is 18.8. The Hall–Kier alpha value is -4.66. The quantitative estimate of drug-likeness (QED) is 0.248. The maximum absolute atomic E-state index is 3.72. The van der Waals surface area contributed by atoms with E-state index in [4.69, 9.17) is 0 Å². The van der Waals surface area contributed by atoms with Gasteiger partial charge in [-0.05, 0) is 69.8 Å². The Morgan fingerprint density at radius 2 is 1.00 bits per heavy atom. The van der Waals surface area contributed by atoms with Gasteiger partial charge in [-0.3, -0.25) is 0 Å². The molecule has 0 fully saturated rings. The molecular weight excluding hydrogens is 478 g/mol. The summed E-state index contributed by atoms with van der Waals surface area (Å²) in [6.45, 7) is 0. The zero-order chi connectivity index (χ0) is 25.1. The molecule has 2 heteroatoms. The van der Waals surface area contributed by atoms with Crippen molar-refractivity contribution in [2.24, 2.45) is 0 Å². The monoisotopic (exact) mass is 501 g/mol. The molecular formula is C36H23NS. The Labute approximate surface area is 224 Å². The van der Waals surface area contributed by atoms with Crippen molar-refractivity contribution in [1.82, 2.24) is 4.98 Å². The lowest BCUT2D eigenvalue weighted by Gasteiger charge is -2.11. The molecule has 0 atom stereocenters. The minimum atomic E-state index is 1.17. The van der Waals surface area contributed by atoms with Crippen molar-refractivity contribution in [3.8, 4) is 33.4 Å². The largest absolute Gasteiger partial charge is 0.354 e. The van der Waals surface area contributed by atoms with Gasteiger partial charge in [0.05, 0.1) is 0 Å². The van der Waals surface area contributed by atoms with Crippen LogP contribution in [-0.4, -0.2) is 4.98 Å². The summed E-state index contributed by atoms with van der Waals surface area (Å²) in [5.41, 5.74) is 9.71. The van der Waals surface area contributed by atoms with Crippen molar-refractivity contribution in [1.29, 1.82) is 0 Å². The second kappa shape index (κ2) is 8.44. The number of rotatable bonds is 3. The first-order valence-electron chi connectivity index (χ1n) is 12.9. The van der Waals surface area contributed by atoms with Crippen LogP contribution in [0.15, 0.2) is 133 Å². The first kappa shape index (κ1) is 21.4. The van der Waals surface area contributed by atoms with Gasteiger partial charge in [0.25, 0.3) is 0 Å². The van der Waals surface area contributed by atoms with E-state index < -0.39 is 0 Å². The van der Waals surface area contributed by atoms with Crippen molar-refractivity contribution in [3.63, 3.8) is 0 Å². The van der Waals surface area contributed by atoms with Crippen LogP contribution in [0.4, 0.5) is 0 Å². The predicted octanol–water partition coefficient (Wildman–Crippen LogP) is 10.7. The Morgan fingerprint density at radius 1 is 0.395 bits per heavy atom. The second-order valence-electron chi connectivity index (χ2n) is 9.88. The Bertz CT molecular complexity index is 2060. The van der Waals surface area contributed by atoms with Crippen LogP contribution in [0.25, 0.3) is 75.4 Å². The Balaban J connectivity index is 1.34. The fourth-order valence-electron chi connectivity index (χ4n) is 5.74. The maximum atomic E-state index is 3.72. The van der Waals surface area contributed by atoms with Gasteiger partial charge in [0.2, 0.25) is 0 Å². The topological polar surface area (TPSA) is 15.8 Å². The van der Waals surface area contributed by atoms with Gasteiger partial charge < -0.3 is 4.98 Å². The second-order valence-corrected chi connectivity index (χ2v) is 10.9. The number of thiophene rings is 1. The van der Waals surface area contributed by atoms with Crippen LogP contribution in [0.3, 0.4) is 0 Å². The molecule has 0 aliphatic heterocycles. The molecule has 1 N–H and O–H groups in total. The number of aromatic nitrogens is 1. The van der Waals surface area contributed by atoms with E-state index in [9.17, 15) is 0 Å². The molecule has 2 aromatic heterocycles. The maximum Gasteiger partial charge on any atom is 0.0479 e. The van der Waals surface area contributed by atoms with E-state index in [-0.39, 0.29) is 0 Å². The molecule has 6 aromatic carbocycles. The lowest BCUT2D eigenvalue weighted by molar-refractivity contribution is 1.54. The number of fused-ring (bicyclic) bond motifs is 7. The minimum Gasteiger partial charge on any atom is -0.354 e. The molecule has 0 aliphatic rings. The van der Waals surface area contributed by atoms with Crippen molar-refractivity contribution >= 4 is 53.3 Å². The number of nitrogens with one attached hydrogen (secondary N) is 1. The summed E-state index contributed by atoms with van der Waals surface area (Å²) in [7, 11) is 0.